The van der Waals surface area contributed by atoms with Crippen molar-refractivity contribution >= 4 is 32.1 Å². The second kappa shape index (κ2) is 3.85. The maximum atomic E-state index is 9.85. The molecule has 0 aromatic carbocycles. The highest BCUT2D eigenvalue weighted by Crippen LogP contribution is 2.33. The minimum Gasteiger partial charge on any atom is -0.383 e. The summed E-state index contributed by atoms with van der Waals surface area (Å²) in [5, 5.41) is 11.9. The molecule has 0 aliphatic heterocycles. The first-order valence-electron chi connectivity index (χ1n) is 4.47. The molecule has 0 aliphatic rings. The molecule has 0 saturated carbocycles. The highest BCUT2D eigenvalue weighted by Gasteiger charge is 2.09. The van der Waals surface area contributed by atoms with Crippen molar-refractivity contribution in [3.63, 3.8) is 0 Å². The number of hydrogen-bond acceptors (Lipinski definition) is 3. The number of aliphatic hydroxyl groups excluding tert-OH is 1. The third kappa shape index (κ3) is 1.90. The first kappa shape index (κ1) is 9.90. The van der Waals surface area contributed by atoms with Crippen molar-refractivity contribution in [3.8, 4) is 0 Å². The van der Waals surface area contributed by atoms with Gasteiger partial charge in [0, 0.05) is 14.3 Å². The zero-order valence-corrected chi connectivity index (χ0v) is 9.78. The van der Waals surface area contributed by atoms with Gasteiger partial charge in [0.15, 0.2) is 0 Å². The van der Waals surface area contributed by atoms with E-state index in [1.807, 2.05) is 19.9 Å². The van der Waals surface area contributed by atoms with Crippen LogP contribution in [0.5, 0.6) is 0 Å². The highest BCUT2D eigenvalue weighted by molar-refractivity contribution is 7.26. The van der Waals surface area contributed by atoms with Gasteiger partial charge < -0.3 is 5.11 Å². The summed E-state index contributed by atoms with van der Waals surface area (Å²) < 4.78 is 2.54. The summed E-state index contributed by atoms with van der Waals surface area (Å²) in [7, 11) is 0. The maximum Gasteiger partial charge on any atom is 0.107 e. The number of rotatable bonds is 2. The second-order valence-electron chi connectivity index (χ2n) is 3.49. The maximum absolute atomic E-state index is 9.85. The van der Waals surface area contributed by atoms with Gasteiger partial charge in [-0.05, 0) is 31.4 Å². The normalized spacial score (nSPS) is 13.1. The molecule has 0 amide bonds. The molecule has 1 N–H and O–H groups in total. The topological polar surface area (TPSA) is 20.2 Å². The van der Waals surface area contributed by atoms with Crippen molar-refractivity contribution in [1.29, 1.82) is 0 Å². The monoisotopic (exact) mass is 224 g/mol. The smallest absolute Gasteiger partial charge is 0.107 e. The average molecular weight is 224 g/mol. The van der Waals surface area contributed by atoms with Crippen LogP contribution in [0.15, 0.2) is 29.2 Å². The molecule has 2 aromatic rings. The van der Waals surface area contributed by atoms with Gasteiger partial charge in [0.2, 0.25) is 0 Å². The fourth-order valence-corrected chi connectivity index (χ4v) is 3.40. The predicted molar refractivity (Wildman–Crippen MR) is 64.1 cm³/mol. The van der Waals surface area contributed by atoms with Crippen LogP contribution in [0.25, 0.3) is 9.40 Å². The molecule has 0 bridgehead atoms. The second-order valence-corrected chi connectivity index (χ2v) is 5.55. The Morgan fingerprint density at radius 2 is 2.21 bits per heavy atom. The molecular formula is C11H12OS2. The number of thiophene rings is 2. The van der Waals surface area contributed by atoms with Gasteiger partial charge in [0.25, 0.3) is 0 Å². The summed E-state index contributed by atoms with van der Waals surface area (Å²) in [4.78, 5) is 1.04. The zero-order valence-electron chi connectivity index (χ0n) is 8.15. The molecule has 2 rings (SSSR count). The average Bonchev–Trinajstić information content (AvgIpc) is 2.58. The molecule has 3 heteroatoms. The Labute approximate surface area is 91.3 Å². The summed E-state index contributed by atoms with van der Waals surface area (Å²) in [5.41, 5.74) is 1.15. The van der Waals surface area contributed by atoms with Crippen LogP contribution in [-0.2, 0) is 0 Å². The SMILES string of the molecule is CC(C)=CC(O)c1cc2sccc2s1. The molecule has 1 nitrogen and oxygen atoms in total. The molecule has 0 radical (unpaired) electrons. The zero-order chi connectivity index (χ0) is 10.1. The highest BCUT2D eigenvalue weighted by atomic mass is 32.1. The molecule has 0 spiro atoms. The van der Waals surface area contributed by atoms with Crippen LogP contribution in [0.2, 0.25) is 0 Å². The van der Waals surface area contributed by atoms with Crippen LogP contribution in [-0.4, -0.2) is 5.11 Å². The van der Waals surface area contributed by atoms with Gasteiger partial charge in [0.05, 0.1) is 0 Å². The van der Waals surface area contributed by atoms with Crippen molar-refractivity contribution in [2.24, 2.45) is 0 Å². The standard InChI is InChI=1S/C11H12OS2/c1-7(2)5-8(12)10-6-11-9(14-10)3-4-13-11/h3-6,8,12H,1-2H3. The Balaban J connectivity index is 2.35. The third-order valence-corrected chi connectivity index (χ3v) is 4.11. The number of aliphatic hydroxyl groups is 1. The Hall–Kier alpha value is -0.640. The van der Waals surface area contributed by atoms with Gasteiger partial charge in [-0.1, -0.05) is 11.6 Å². The Kier molecular flexibility index (Phi) is 2.72. The van der Waals surface area contributed by atoms with E-state index in [-0.39, 0.29) is 0 Å². The van der Waals surface area contributed by atoms with Gasteiger partial charge in [-0.15, -0.1) is 22.7 Å². The number of allylic oxidation sites excluding steroid dienone is 1. The van der Waals surface area contributed by atoms with Gasteiger partial charge in [-0.25, -0.2) is 0 Å². The Morgan fingerprint density at radius 3 is 2.86 bits per heavy atom. The van der Waals surface area contributed by atoms with Crippen LogP contribution in [0, 0.1) is 0 Å². The molecule has 14 heavy (non-hydrogen) atoms. The molecule has 2 heterocycles. The summed E-state index contributed by atoms with van der Waals surface area (Å²) in [6, 6.07) is 4.18. The lowest BCUT2D eigenvalue weighted by Crippen LogP contribution is -1.88. The van der Waals surface area contributed by atoms with Crippen molar-refractivity contribution in [1.82, 2.24) is 0 Å². The fourth-order valence-electron chi connectivity index (χ4n) is 1.33. The van der Waals surface area contributed by atoms with Crippen molar-refractivity contribution in [2.45, 2.75) is 20.0 Å². The van der Waals surface area contributed by atoms with Crippen molar-refractivity contribution in [2.75, 3.05) is 0 Å². The molecule has 0 aliphatic carbocycles. The predicted octanol–water partition coefficient (Wildman–Crippen LogP) is 3.96. The first-order chi connectivity index (χ1) is 6.66. The van der Waals surface area contributed by atoms with Crippen molar-refractivity contribution < 1.29 is 5.11 Å². The van der Waals surface area contributed by atoms with E-state index in [4.69, 9.17) is 0 Å². The van der Waals surface area contributed by atoms with E-state index >= 15 is 0 Å². The van der Waals surface area contributed by atoms with E-state index in [1.165, 1.54) is 9.40 Å². The Morgan fingerprint density at radius 1 is 1.43 bits per heavy atom. The van der Waals surface area contributed by atoms with Gasteiger partial charge in [0.1, 0.15) is 6.10 Å². The molecule has 0 saturated heterocycles. The van der Waals surface area contributed by atoms with Gasteiger partial charge in [-0.2, -0.15) is 0 Å². The quantitative estimate of drug-likeness (QED) is 0.765. The third-order valence-electron chi connectivity index (χ3n) is 1.94. The van der Waals surface area contributed by atoms with E-state index in [0.717, 1.165) is 10.5 Å². The van der Waals surface area contributed by atoms with E-state index in [9.17, 15) is 5.11 Å². The van der Waals surface area contributed by atoms with Gasteiger partial charge in [-0.3, -0.25) is 0 Å². The molecule has 1 atom stereocenters. The summed E-state index contributed by atoms with van der Waals surface area (Å²) in [5.74, 6) is 0. The molecule has 1 unspecified atom stereocenters. The van der Waals surface area contributed by atoms with Crippen molar-refractivity contribution in [3.05, 3.63) is 34.0 Å². The van der Waals surface area contributed by atoms with Crippen LogP contribution in [0.1, 0.15) is 24.8 Å². The lowest BCUT2D eigenvalue weighted by atomic mass is 10.2. The van der Waals surface area contributed by atoms with Crippen LogP contribution >= 0.6 is 22.7 Å². The summed E-state index contributed by atoms with van der Waals surface area (Å²) >= 11 is 3.39. The lowest BCUT2D eigenvalue weighted by molar-refractivity contribution is 0.231. The Bertz CT molecular complexity index is 432. The van der Waals surface area contributed by atoms with Crippen LogP contribution in [0.4, 0.5) is 0 Å². The number of hydrogen-bond donors (Lipinski definition) is 1. The van der Waals surface area contributed by atoms with E-state index < -0.39 is 6.10 Å². The molecule has 74 valence electrons. The molecule has 0 fully saturated rings. The largest absolute Gasteiger partial charge is 0.383 e. The number of fused-ring (bicyclic) bond motifs is 1. The fraction of sp³-hybridized carbons (Fsp3) is 0.273. The van der Waals surface area contributed by atoms with E-state index in [1.54, 1.807) is 22.7 Å². The molecule has 2 aromatic heterocycles. The minimum atomic E-state index is -0.440. The van der Waals surface area contributed by atoms with E-state index in [0.29, 0.717) is 0 Å². The summed E-state index contributed by atoms with van der Waals surface area (Å²) in [6.07, 6.45) is 1.44. The van der Waals surface area contributed by atoms with E-state index in [2.05, 4.69) is 17.5 Å². The van der Waals surface area contributed by atoms with Gasteiger partial charge >= 0.3 is 0 Å². The summed E-state index contributed by atoms with van der Waals surface area (Å²) in [6.45, 7) is 4.00. The van der Waals surface area contributed by atoms with Crippen LogP contribution in [0.3, 0.4) is 0 Å². The van der Waals surface area contributed by atoms with Crippen LogP contribution < -0.4 is 0 Å². The minimum absolute atomic E-state index is 0.440. The lowest BCUT2D eigenvalue weighted by Gasteiger charge is -2.01. The molecular weight excluding hydrogens is 212 g/mol. The first-order valence-corrected chi connectivity index (χ1v) is 6.16.